The Morgan fingerprint density at radius 2 is 1.52 bits per heavy atom. The minimum Gasteiger partial charge on any atom is -0.388 e. The van der Waals surface area contributed by atoms with Crippen molar-refractivity contribution in [3.8, 4) is 6.07 Å². The summed E-state index contributed by atoms with van der Waals surface area (Å²) in [7, 11) is 1.16. The van der Waals surface area contributed by atoms with Gasteiger partial charge in [-0.3, -0.25) is 0 Å². The van der Waals surface area contributed by atoms with Gasteiger partial charge in [-0.25, -0.2) is 0 Å². The Bertz CT molecular complexity index is 582. The van der Waals surface area contributed by atoms with Crippen molar-refractivity contribution >= 4 is 7.28 Å². The molecule has 0 aromatic rings. The summed E-state index contributed by atoms with van der Waals surface area (Å²) in [6, 6.07) is 2.72. The van der Waals surface area contributed by atoms with Gasteiger partial charge in [-0.15, -0.1) is 0 Å². The Labute approximate surface area is 184 Å². The minimum absolute atomic E-state index is 0.149. The molecule has 2 unspecified atom stereocenters. The van der Waals surface area contributed by atoms with E-state index in [1.54, 1.807) is 0 Å². The van der Waals surface area contributed by atoms with Crippen molar-refractivity contribution < 1.29 is 0 Å². The fourth-order valence-corrected chi connectivity index (χ4v) is 5.28. The maximum absolute atomic E-state index is 10.2. The Balaban J connectivity index is 6.28. The summed E-state index contributed by atoms with van der Waals surface area (Å²) in [5.74, 6) is 0.559. The number of nitrogens with zero attached hydrogens (tertiary/aromatic N) is 1. The highest BCUT2D eigenvalue weighted by Crippen LogP contribution is 2.61. The smallest absolute Gasteiger partial charge is 0.134 e. The van der Waals surface area contributed by atoms with Crippen molar-refractivity contribution in [2.45, 2.75) is 119 Å². The Morgan fingerprint density at radius 3 is 1.90 bits per heavy atom. The molecule has 0 radical (unpaired) electrons. The van der Waals surface area contributed by atoms with Crippen LogP contribution in [0.25, 0.3) is 0 Å². The lowest BCUT2D eigenvalue weighted by molar-refractivity contribution is -0.00460. The van der Waals surface area contributed by atoms with Crippen LogP contribution in [0.15, 0.2) is 12.3 Å². The van der Waals surface area contributed by atoms with E-state index in [1.165, 1.54) is 6.42 Å². The second-order valence-electron chi connectivity index (χ2n) is 12.4. The number of nitrogens with one attached hydrogen (secondary N) is 1. The van der Waals surface area contributed by atoms with E-state index in [0.29, 0.717) is 11.2 Å². The summed E-state index contributed by atoms with van der Waals surface area (Å²) in [4.78, 5) is 0. The number of rotatable bonds is 13. The molecule has 0 aromatic carbocycles. The molecule has 2 nitrogen and oxygen atoms in total. The molecule has 29 heavy (non-hydrogen) atoms. The molecule has 0 aliphatic heterocycles. The second-order valence-corrected chi connectivity index (χ2v) is 12.4. The van der Waals surface area contributed by atoms with E-state index < -0.39 is 5.41 Å². The molecule has 0 heterocycles. The summed E-state index contributed by atoms with van der Waals surface area (Å²) < 4.78 is 0. The molecule has 168 valence electrons. The molecule has 0 rings (SSSR count). The average molecular weight is 403 g/mol. The van der Waals surface area contributed by atoms with Crippen molar-refractivity contribution in [2.75, 3.05) is 6.54 Å². The highest BCUT2D eigenvalue weighted by molar-refractivity contribution is 6.43. The van der Waals surface area contributed by atoms with Crippen LogP contribution in [0, 0.1) is 33.5 Å². The van der Waals surface area contributed by atoms with Crippen LogP contribution < -0.4 is 5.32 Å². The molecule has 0 aliphatic rings. The number of hydrogen-bond donors (Lipinski definition) is 1. The lowest BCUT2D eigenvalue weighted by Crippen LogP contribution is -2.52. The zero-order valence-corrected chi connectivity index (χ0v) is 22.0. The molecule has 0 bridgehead atoms. The van der Waals surface area contributed by atoms with Crippen LogP contribution in [0.3, 0.4) is 0 Å². The van der Waals surface area contributed by atoms with Crippen molar-refractivity contribution in [1.82, 2.24) is 5.32 Å². The lowest BCUT2D eigenvalue weighted by atomic mass is 9.36. The highest BCUT2D eigenvalue weighted by atomic mass is 14.9. The van der Waals surface area contributed by atoms with Gasteiger partial charge in [0.1, 0.15) is 7.28 Å². The third-order valence-corrected chi connectivity index (χ3v) is 7.89. The van der Waals surface area contributed by atoms with Crippen molar-refractivity contribution in [1.29, 1.82) is 5.26 Å². The molecule has 1 N–H and O–H groups in total. The molecule has 0 spiro atoms. The first kappa shape index (κ1) is 28.1. The Hall–Kier alpha value is -0.905. The van der Waals surface area contributed by atoms with Crippen LogP contribution in [0.4, 0.5) is 0 Å². The number of allylic oxidation sites excluding steroid dienone is 1. The summed E-state index contributed by atoms with van der Waals surface area (Å²) in [6.45, 7) is 33.1. The van der Waals surface area contributed by atoms with E-state index in [9.17, 15) is 5.26 Å². The number of hydrogen-bond acceptors (Lipinski definition) is 2. The Kier molecular flexibility index (Phi) is 9.62. The molecule has 3 heteroatoms. The third kappa shape index (κ3) is 6.80. The summed E-state index contributed by atoms with van der Waals surface area (Å²) in [5, 5.41) is 14.4. The molecule has 0 aliphatic carbocycles. The van der Waals surface area contributed by atoms with Gasteiger partial charge >= 0.3 is 0 Å². The molecule has 2 atom stereocenters. The minimum atomic E-state index is -0.407. The van der Waals surface area contributed by atoms with Gasteiger partial charge in [0.2, 0.25) is 0 Å². The molecular weight excluding hydrogens is 351 g/mol. The summed E-state index contributed by atoms with van der Waals surface area (Å²) >= 11 is 0. The molecule has 0 saturated carbocycles. The van der Waals surface area contributed by atoms with Gasteiger partial charge in [-0.05, 0) is 31.1 Å². The fourth-order valence-electron chi connectivity index (χ4n) is 5.28. The fraction of sp³-hybridized carbons (Fsp3) is 0.885. The first-order valence-electron chi connectivity index (χ1n) is 11.8. The molecular formula is C26H51BN2. The summed E-state index contributed by atoms with van der Waals surface area (Å²) in [5.41, 5.74) is 0.264. The van der Waals surface area contributed by atoms with E-state index in [0.717, 1.165) is 38.8 Å². The maximum Gasteiger partial charge on any atom is 0.134 e. The molecule has 0 aromatic heterocycles. The molecule has 0 saturated heterocycles. The van der Waals surface area contributed by atoms with E-state index >= 15 is 0 Å². The van der Waals surface area contributed by atoms with Crippen LogP contribution in [-0.2, 0) is 0 Å². The average Bonchev–Trinajstić information content (AvgIpc) is 2.57. The first-order chi connectivity index (χ1) is 12.9. The predicted octanol–water partition coefficient (Wildman–Crippen LogP) is 7.74. The monoisotopic (exact) mass is 402 g/mol. The van der Waals surface area contributed by atoms with E-state index in [4.69, 9.17) is 0 Å². The van der Waals surface area contributed by atoms with Crippen molar-refractivity contribution in [2.24, 2.45) is 22.2 Å². The molecule has 0 fully saturated rings. The second kappa shape index (κ2) is 9.93. The third-order valence-electron chi connectivity index (χ3n) is 7.89. The van der Waals surface area contributed by atoms with Gasteiger partial charge < -0.3 is 5.32 Å². The zero-order chi connectivity index (χ0) is 23.3. The van der Waals surface area contributed by atoms with Gasteiger partial charge in [-0.1, -0.05) is 106 Å². The van der Waals surface area contributed by atoms with Gasteiger partial charge in [0.05, 0.1) is 11.5 Å². The topological polar surface area (TPSA) is 35.8 Å². The predicted molar refractivity (Wildman–Crippen MR) is 133 cm³/mol. The quantitative estimate of drug-likeness (QED) is 0.320. The van der Waals surface area contributed by atoms with Gasteiger partial charge in [0, 0.05) is 17.7 Å². The van der Waals surface area contributed by atoms with Crippen LogP contribution in [-0.4, -0.2) is 13.8 Å². The van der Waals surface area contributed by atoms with Crippen LogP contribution in [0.1, 0.15) is 109 Å². The van der Waals surface area contributed by atoms with Gasteiger partial charge in [0.15, 0.2) is 0 Å². The standard InChI is InChI=1S/C26H51BN2/c1-14-16-25(12,19-28)24(10,11)26(13,21(5)29-17-20(3)4)18-23(8,9)27-22(6,7)15-2/h20,27,29H,5,14-18H2,1-4,6-13H3. The van der Waals surface area contributed by atoms with E-state index in [2.05, 4.69) is 101 Å². The van der Waals surface area contributed by atoms with Crippen molar-refractivity contribution in [3.05, 3.63) is 12.3 Å². The van der Waals surface area contributed by atoms with Crippen LogP contribution in [0.2, 0.25) is 10.6 Å². The lowest BCUT2D eigenvalue weighted by Gasteiger charge is -2.56. The zero-order valence-electron chi connectivity index (χ0n) is 22.0. The van der Waals surface area contributed by atoms with Crippen LogP contribution in [0.5, 0.6) is 0 Å². The normalized spacial score (nSPS) is 17.2. The van der Waals surface area contributed by atoms with Crippen LogP contribution >= 0.6 is 0 Å². The number of nitriles is 1. The SMILES string of the molecule is C=C(NCC(C)C)C(C)(CC(C)(C)BC(C)(C)CC)C(C)(C)C(C)(C#N)CCC. The highest BCUT2D eigenvalue weighted by Gasteiger charge is 2.55. The Morgan fingerprint density at radius 1 is 1.00 bits per heavy atom. The van der Waals surface area contributed by atoms with Gasteiger partial charge in [-0.2, -0.15) is 5.26 Å². The summed E-state index contributed by atoms with van der Waals surface area (Å²) in [6.07, 6.45) is 4.11. The van der Waals surface area contributed by atoms with E-state index in [1.807, 2.05) is 0 Å². The maximum atomic E-state index is 10.2. The van der Waals surface area contributed by atoms with Gasteiger partial charge in [0.25, 0.3) is 0 Å². The molecule has 0 amide bonds. The van der Waals surface area contributed by atoms with E-state index in [-0.39, 0.29) is 16.1 Å². The largest absolute Gasteiger partial charge is 0.388 e. The first-order valence-corrected chi connectivity index (χ1v) is 11.8. The van der Waals surface area contributed by atoms with Crippen molar-refractivity contribution in [3.63, 3.8) is 0 Å².